The summed E-state index contributed by atoms with van der Waals surface area (Å²) in [5.41, 5.74) is 0.649. The van der Waals surface area contributed by atoms with E-state index in [1.807, 2.05) is 40.7 Å². The van der Waals surface area contributed by atoms with Crippen molar-refractivity contribution in [2.45, 2.75) is 58.5 Å². The number of rotatable bonds is 3. The number of nitrogens with zero attached hydrogens (tertiary/aromatic N) is 7. The Bertz CT molecular complexity index is 1530. The zero-order valence-corrected chi connectivity index (χ0v) is 22.8. The standard InChI is InChI=1S/C28H30F3N7O2/c1-17-14-37(26(39)40-27(3,4)5)18(2)13-36(17)24-23-22(19-7-6-8-32-10-19)15-38(25(23)35-16-34-24)21-9-20(11-33-12-21)28(29,30)31/h6-12,15-18H,13-14H2,1-5H3/t17-,18+/m0/s1. The number of carbonyl (C=O) groups is 1. The van der Waals surface area contributed by atoms with Crippen LogP contribution in [0.5, 0.6) is 0 Å². The van der Waals surface area contributed by atoms with Gasteiger partial charge in [0, 0.05) is 61.1 Å². The molecule has 4 aromatic heterocycles. The van der Waals surface area contributed by atoms with Crippen LogP contribution in [0.3, 0.4) is 0 Å². The molecule has 5 heterocycles. The first-order valence-electron chi connectivity index (χ1n) is 12.9. The summed E-state index contributed by atoms with van der Waals surface area (Å²) in [6.45, 7) is 10.3. The third kappa shape index (κ3) is 5.30. The fourth-order valence-electron chi connectivity index (χ4n) is 4.91. The van der Waals surface area contributed by atoms with Gasteiger partial charge in [-0.15, -0.1) is 0 Å². The molecule has 0 aromatic carbocycles. The van der Waals surface area contributed by atoms with Crippen LogP contribution in [0.25, 0.3) is 27.8 Å². The molecule has 0 radical (unpaired) electrons. The molecule has 210 valence electrons. The van der Waals surface area contributed by atoms with Gasteiger partial charge in [0.15, 0.2) is 5.65 Å². The van der Waals surface area contributed by atoms with E-state index in [1.54, 1.807) is 34.1 Å². The van der Waals surface area contributed by atoms with Gasteiger partial charge in [-0.1, -0.05) is 6.07 Å². The van der Waals surface area contributed by atoms with E-state index in [1.165, 1.54) is 12.5 Å². The molecule has 4 aromatic rings. The molecule has 1 fully saturated rings. The average Bonchev–Trinajstić information content (AvgIpc) is 3.29. The van der Waals surface area contributed by atoms with Crippen LogP contribution in [-0.4, -0.2) is 66.3 Å². The van der Waals surface area contributed by atoms with E-state index in [0.29, 0.717) is 35.5 Å². The van der Waals surface area contributed by atoms with Gasteiger partial charge in [0.25, 0.3) is 0 Å². The summed E-state index contributed by atoms with van der Waals surface area (Å²) in [6, 6.07) is 4.39. The van der Waals surface area contributed by atoms with Crippen LogP contribution in [-0.2, 0) is 10.9 Å². The van der Waals surface area contributed by atoms with E-state index < -0.39 is 17.3 Å². The van der Waals surface area contributed by atoms with E-state index in [-0.39, 0.29) is 23.9 Å². The predicted octanol–water partition coefficient (Wildman–Crippen LogP) is 5.73. The largest absolute Gasteiger partial charge is 0.444 e. The van der Waals surface area contributed by atoms with Crippen LogP contribution in [0.15, 0.2) is 55.5 Å². The minimum absolute atomic E-state index is 0.137. The Kier molecular flexibility index (Phi) is 6.89. The zero-order valence-electron chi connectivity index (χ0n) is 22.8. The van der Waals surface area contributed by atoms with Crippen molar-refractivity contribution < 1.29 is 22.7 Å². The van der Waals surface area contributed by atoms with Gasteiger partial charge in [-0.05, 0) is 46.8 Å². The van der Waals surface area contributed by atoms with E-state index in [9.17, 15) is 18.0 Å². The number of halogens is 3. The first-order valence-corrected chi connectivity index (χ1v) is 12.9. The number of hydrogen-bond acceptors (Lipinski definition) is 7. The molecule has 2 atom stereocenters. The first kappa shape index (κ1) is 27.4. The summed E-state index contributed by atoms with van der Waals surface area (Å²) in [5, 5.41) is 0.665. The monoisotopic (exact) mass is 553 g/mol. The summed E-state index contributed by atoms with van der Waals surface area (Å²) in [7, 11) is 0. The van der Waals surface area contributed by atoms with Gasteiger partial charge in [0.05, 0.1) is 22.8 Å². The third-order valence-corrected chi connectivity index (χ3v) is 6.75. The van der Waals surface area contributed by atoms with Crippen molar-refractivity contribution in [2.75, 3.05) is 18.0 Å². The lowest BCUT2D eigenvalue weighted by Crippen LogP contribution is -2.59. The smallest absolute Gasteiger partial charge is 0.417 e. The number of anilines is 1. The maximum atomic E-state index is 13.5. The predicted molar refractivity (Wildman–Crippen MR) is 144 cm³/mol. The molecule has 12 heteroatoms. The topological polar surface area (TPSA) is 89.3 Å². The molecule has 1 saturated heterocycles. The quantitative estimate of drug-likeness (QED) is 0.320. The van der Waals surface area contributed by atoms with Crippen molar-refractivity contribution in [3.63, 3.8) is 0 Å². The molecule has 0 aliphatic carbocycles. The Labute approximate surface area is 229 Å². The number of aromatic nitrogens is 5. The zero-order chi connectivity index (χ0) is 28.8. The highest BCUT2D eigenvalue weighted by molar-refractivity contribution is 6.02. The summed E-state index contributed by atoms with van der Waals surface area (Å²) in [6.07, 6.45) is 3.72. The fourth-order valence-corrected chi connectivity index (χ4v) is 4.91. The van der Waals surface area contributed by atoms with Gasteiger partial charge in [-0.3, -0.25) is 14.5 Å². The normalized spacial score (nSPS) is 18.3. The van der Waals surface area contributed by atoms with E-state index in [0.717, 1.165) is 17.8 Å². The number of piperazine rings is 1. The molecule has 40 heavy (non-hydrogen) atoms. The molecule has 1 aliphatic rings. The number of carbonyl (C=O) groups excluding carboxylic acids is 1. The van der Waals surface area contributed by atoms with Crippen molar-refractivity contribution in [1.82, 2.24) is 29.4 Å². The van der Waals surface area contributed by atoms with Crippen molar-refractivity contribution >= 4 is 22.9 Å². The van der Waals surface area contributed by atoms with Crippen molar-refractivity contribution in [3.05, 3.63) is 61.1 Å². The summed E-state index contributed by atoms with van der Waals surface area (Å²) in [4.78, 5) is 33.9. The number of fused-ring (bicyclic) bond motifs is 1. The molecular weight excluding hydrogens is 523 g/mol. The second-order valence-electron chi connectivity index (χ2n) is 11.0. The van der Waals surface area contributed by atoms with Crippen LogP contribution in [0.1, 0.15) is 40.2 Å². The average molecular weight is 554 g/mol. The third-order valence-electron chi connectivity index (χ3n) is 6.75. The Hall–Kier alpha value is -4.22. The van der Waals surface area contributed by atoms with Gasteiger partial charge in [0.2, 0.25) is 0 Å². The Balaban J connectivity index is 1.62. The number of pyridine rings is 2. The summed E-state index contributed by atoms with van der Waals surface area (Å²) < 4.78 is 47.7. The van der Waals surface area contributed by atoms with Crippen molar-refractivity contribution in [1.29, 1.82) is 0 Å². The second-order valence-corrected chi connectivity index (χ2v) is 11.0. The van der Waals surface area contributed by atoms with Gasteiger partial charge in [-0.25, -0.2) is 14.8 Å². The Morgan fingerprint density at radius 2 is 1.80 bits per heavy atom. The Morgan fingerprint density at radius 3 is 2.48 bits per heavy atom. The number of hydrogen-bond donors (Lipinski definition) is 0. The van der Waals surface area contributed by atoms with E-state index in [2.05, 4.69) is 24.8 Å². The number of ether oxygens (including phenoxy) is 1. The maximum Gasteiger partial charge on any atom is 0.417 e. The van der Waals surface area contributed by atoms with Crippen molar-refractivity contribution in [2.24, 2.45) is 0 Å². The van der Waals surface area contributed by atoms with Crippen molar-refractivity contribution in [3.8, 4) is 16.8 Å². The highest BCUT2D eigenvalue weighted by Crippen LogP contribution is 2.39. The molecule has 0 N–H and O–H groups in total. The van der Waals surface area contributed by atoms with Crippen LogP contribution < -0.4 is 4.90 Å². The highest BCUT2D eigenvalue weighted by atomic mass is 19.4. The van der Waals surface area contributed by atoms with Gasteiger partial charge >= 0.3 is 12.3 Å². The first-order chi connectivity index (χ1) is 18.8. The highest BCUT2D eigenvalue weighted by Gasteiger charge is 2.36. The lowest BCUT2D eigenvalue weighted by atomic mass is 10.1. The Morgan fingerprint density at radius 1 is 1.02 bits per heavy atom. The van der Waals surface area contributed by atoms with Crippen LogP contribution in [0, 0.1) is 0 Å². The molecule has 0 unspecified atom stereocenters. The van der Waals surface area contributed by atoms with Crippen LogP contribution in [0.4, 0.5) is 23.8 Å². The molecule has 0 spiro atoms. The van der Waals surface area contributed by atoms with Gasteiger partial charge < -0.3 is 14.5 Å². The molecule has 0 bridgehead atoms. The van der Waals surface area contributed by atoms with Gasteiger partial charge in [0.1, 0.15) is 17.7 Å². The number of amides is 1. The minimum atomic E-state index is -4.54. The molecule has 5 rings (SSSR count). The fraction of sp³-hybridized carbons (Fsp3) is 0.393. The molecule has 1 amide bonds. The SMILES string of the molecule is C[C@@H]1CN(c2ncnc3c2c(-c2cccnc2)cn3-c2cncc(C(F)(F)F)c2)[C@@H](C)CN1C(=O)OC(C)(C)C. The van der Waals surface area contributed by atoms with Crippen LogP contribution >= 0.6 is 0 Å². The minimum Gasteiger partial charge on any atom is -0.444 e. The maximum absolute atomic E-state index is 13.5. The molecule has 1 aliphatic heterocycles. The van der Waals surface area contributed by atoms with Gasteiger partial charge in [-0.2, -0.15) is 13.2 Å². The lowest BCUT2D eigenvalue weighted by Gasteiger charge is -2.44. The molecule has 9 nitrogen and oxygen atoms in total. The summed E-state index contributed by atoms with van der Waals surface area (Å²) in [5.74, 6) is 0.616. The second kappa shape index (κ2) is 10.1. The van der Waals surface area contributed by atoms with Crippen LogP contribution in [0.2, 0.25) is 0 Å². The molecular formula is C28H30F3N7O2. The van der Waals surface area contributed by atoms with E-state index >= 15 is 0 Å². The lowest BCUT2D eigenvalue weighted by molar-refractivity contribution is -0.137. The van der Waals surface area contributed by atoms with E-state index in [4.69, 9.17) is 4.74 Å². The molecule has 0 saturated carbocycles. The summed E-state index contributed by atoms with van der Waals surface area (Å²) >= 11 is 0. The number of alkyl halides is 3.